The first kappa shape index (κ1) is 24.9. The van der Waals surface area contributed by atoms with Crippen LogP contribution >= 0.6 is 50.9 Å². The number of hydrogen-bond acceptors (Lipinski definition) is 6. The molecule has 1 heterocycles. The van der Waals surface area contributed by atoms with E-state index in [1.54, 1.807) is 18.2 Å². The first-order chi connectivity index (χ1) is 15.3. The molecule has 0 fully saturated rings. The number of halogens is 3. The maximum atomic E-state index is 12.4. The fraction of sp³-hybridized carbons (Fsp3) is 0.318. The van der Waals surface area contributed by atoms with E-state index in [4.69, 9.17) is 32.4 Å². The van der Waals surface area contributed by atoms with Crippen molar-refractivity contribution in [3.05, 3.63) is 62.4 Å². The molecular weight excluding hydrogens is 537 g/mol. The van der Waals surface area contributed by atoms with Crippen LogP contribution in [0.2, 0.25) is 10.0 Å². The fourth-order valence-electron chi connectivity index (χ4n) is 2.83. The van der Waals surface area contributed by atoms with Crippen molar-refractivity contribution in [1.29, 1.82) is 0 Å². The highest BCUT2D eigenvalue weighted by atomic mass is 79.9. The van der Waals surface area contributed by atoms with E-state index in [2.05, 4.69) is 45.3 Å². The molecule has 0 aliphatic rings. The van der Waals surface area contributed by atoms with E-state index in [1.807, 2.05) is 18.2 Å². The minimum atomic E-state index is -0.132. The lowest BCUT2D eigenvalue weighted by atomic mass is 10.0. The first-order valence-corrected chi connectivity index (χ1v) is 12.5. The van der Waals surface area contributed by atoms with Gasteiger partial charge in [-0.05, 0) is 54.3 Å². The zero-order chi connectivity index (χ0) is 23.1. The Bertz CT molecular complexity index is 1080. The Labute approximate surface area is 209 Å². The Morgan fingerprint density at radius 2 is 2.03 bits per heavy atom. The van der Waals surface area contributed by atoms with Crippen molar-refractivity contribution in [3.63, 3.8) is 0 Å². The summed E-state index contributed by atoms with van der Waals surface area (Å²) in [6, 6.07) is 10.9. The summed E-state index contributed by atoms with van der Waals surface area (Å²) >= 11 is 16.6. The number of amides is 1. The van der Waals surface area contributed by atoms with Gasteiger partial charge in [0.25, 0.3) is 5.22 Å². The van der Waals surface area contributed by atoms with E-state index in [9.17, 15) is 4.79 Å². The molecule has 0 aliphatic heterocycles. The van der Waals surface area contributed by atoms with Crippen molar-refractivity contribution in [2.45, 2.75) is 37.8 Å². The van der Waals surface area contributed by atoms with Crippen LogP contribution in [0.15, 0.2) is 50.5 Å². The van der Waals surface area contributed by atoms with Crippen LogP contribution in [0.5, 0.6) is 5.75 Å². The van der Waals surface area contributed by atoms with Gasteiger partial charge >= 0.3 is 0 Å². The second-order valence-electron chi connectivity index (χ2n) is 7.21. The molecule has 1 aromatic heterocycles. The summed E-state index contributed by atoms with van der Waals surface area (Å²) in [7, 11) is 0. The third-order valence-corrected chi connectivity index (χ3v) is 6.21. The second kappa shape index (κ2) is 11.9. The number of ether oxygens (including phenoxy) is 1. The summed E-state index contributed by atoms with van der Waals surface area (Å²) in [6.45, 7) is 4.61. The summed E-state index contributed by atoms with van der Waals surface area (Å²) in [5, 5.41) is 12.4. The lowest BCUT2D eigenvalue weighted by Crippen LogP contribution is -2.15. The number of rotatable bonds is 10. The molecule has 0 atom stereocenters. The Balaban J connectivity index is 1.43. The minimum Gasteiger partial charge on any atom is -0.492 e. The predicted molar refractivity (Wildman–Crippen MR) is 132 cm³/mol. The van der Waals surface area contributed by atoms with E-state index in [-0.39, 0.29) is 17.6 Å². The molecule has 170 valence electrons. The van der Waals surface area contributed by atoms with Crippen LogP contribution in [0, 0.1) is 0 Å². The molecule has 0 saturated carbocycles. The van der Waals surface area contributed by atoms with Gasteiger partial charge in [-0.1, -0.05) is 64.7 Å². The highest BCUT2D eigenvalue weighted by molar-refractivity contribution is 9.10. The van der Waals surface area contributed by atoms with Crippen LogP contribution < -0.4 is 10.1 Å². The van der Waals surface area contributed by atoms with Crippen molar-refractivity contribution >= 4 is 62.5 Å². The van der Waals surface area contributed by atoms with Gasteiger partial charge in [-0.3, -0.25) is 4.79 Å². The molecule has 1 amide bonds. The van der Waals surface area contributed by atoms with E-state index in [1.165, 1.54) is 11.8 Å². The monoisotopic (exact) mass is 557 g/mol. The number of hydrogen-bond donors (Lipinski definition) is 1. The molecule has 3 rings (SSSR count). The van der Waals surface area contributed by atoms with Gasteiger partial charge in [0.05, 0.1) is 17.4 Å². The van der Waals surface area contributed by atoms with Crippen molar-refractivity contribution < 1.29 is 13.9 Å². The normalized spacial score (nSPS) is 11.1. The van der Waals surface area contributed by atoms with E-state index < -0.39 is 0 Å². The van der Waals surface area contributed by atoms with Crippen molar-refractivity contribution in [2.24, 2.45) is 0 Å². The molecule has 1 N–H and O–H groups in total. The molecular formula is C22H22BrCl2N3O3S. The van der Waals surface area contributed by atoms with Crippen LogP contribution in [0.4, 0.5) is 5.69 Å². The van der Waals surface area contributed by atoms with Crippen molar-refractivity contribution in [2.75, 3.05) is 17.7 Å². The first-order valence-electron chi connectivity index (χ1n) is 9.94. The van der Waals surface area contributed by atoms with E-state index in [0.29, 0.717) is 46.4 Å². The van der Waals surface area contributed by atoms with Gasteiger partial charge in [0, 0.05) is 21.6 Å². The molecule has 0 radical (unpaired) electrons. The largest absolute Gasteiger partial charge is 0.492 e. The van der Waals surface area contributed by atoms with E-state index >= 15 is 0 Å². The second-order valence-corrected chi connectivity index (χ2v) is 9.90. The van der Waals surface area contributed by atoms with Gasteiger partial charge in [0.15, 0.2) is 0 Å². The lowest BCUT2D eigenvalue weighted by molar-refractivity contribution is -0.113. The molecule has 0 bridgehead atoms. The van der Waals surface area contributed by atoms with Crippen LogP contribution in [-0.4, -0.2) is 28.5 Å². The number of aromatic nitrogens is 2. The average Bonchev–Trinajstić information content (AvgIpc) is 3.20. The molecule has 6 nitrogen and oxygen atoms in total. The summed E-state index contributed by atoms with van der Waals surface area (Å²) in [6.07, 6.45) is 1.23. The molecule has 32 heavy (non-hydrogen) atoms. The number of nitrogens with zero attached hydrogens (tertiary/aromatic N) is 2. The average molecular weight is 559 g/mol. The zero-order valence-corrected chi connectivity index (χ0v) is 21.4. The number of aryl methyl sites for hydroxylation is 1. The zero-order valence-electron chi connectivity index (χ0n) is 17.5. The van der Waals surface area contributed by atoms with Crippen LogP contribution in [0.3, 0.4) is 0 Å². The van der Waals surface area contributed by atoms with Gasteiger partial charge < -0.3 is 14.5 Å². The summed E-state index contributed by atoms with van der Waals surface area (Å²) in [5.74, 6) is 1.40. The van der Waals surface area contributed by atoms with Crippen LogP contribution in [-0.2, 0) is 11.2 Å². The molecule has 3 aromatic rings. The summed E-state index contributed by atoms with van der Waals surface area (Å²) < 4.78 is 12.2. The molecule has 0 unspecified atom stereocenters. The Kier molecular flexibility index (Phi) is 9.28. The smallest absolute Gasteiger partial charge is 0.277 e. The molecule has 0 saturated heterocycles. The van der Waals surface area contributed by atoms with Gasteiger partial charge in [-0.25, -0.2) is 0 Å². The van der Waals surface area contributed by atoms with Crippen LogP contribution in [0.1, 0.15) is 37.6 Å². The highest BCUT2D eigenvalue weighted by Gasteiger charge is 2.13. The number of anilines is 1. The Hall–Kier alpha value is -1.74. The van der Waals surface area contributed by atoms with Gasteiger partial charge in [0.2, 0.25) is 11.8 Å². The number of thioether (sulfide) groups is 1. The molecule has 2 aromatic carbocycles. The van der Waals surface area contributed by atoms with Gasteiger partial charge in [-0.15, -0.1) is 10.2 Å². The SMILES string of the molecule is CC(C)c1cc(Br)ccc1NC(=O)CSc1nnc(CCCOc2ccc(Cl)cc2Cl)o1. The van der Waals surface area contributed by atoms with E-state index in [0.717, 1.165) is 15.7 Å². The fourth-order valence-corrected chi connectivity index (χ4v) is 4.26. The van der Waals surface area contributed by atoms with Crippen molar-refractivity contribution in [3.8, 4) is 5.75 Å². The number of carbonyl (C=O) groups is 1. The maximum absolute atomic E-state index is 12.4. The van der Waals surface area contributed by atoms with Crippen molar-refractivity contribution in [1.82, 2.24) is 10.2 Å². The summed E-state index contributed by atoms with van der Waals surface area (Å²) in [4.78, 5) is 12.4. The topological polar surface area (TPSA) is 77.2 Å². The number of nitrogens with one attached hydrogen (secondary N) is 1. The number of carbonyl (C=O) groups excluding carboxylic acids is 1. The van der Waals surface area contributed by atoms with Gasteiger partial charge in [-0.2, -0.15) is 0 Å². The third-order valence-electron chi connectivity index (χ3n) is 4.37. The predicted octanol–water partition coefficient (Wildman–Crippen LogP) is 7.00. The third kappa shape index (κ3) is 7.40. The maximum Gasteiger partial charge on any atom is 0.277 e. The number of benzene rings is 2. The van der Waals surface area contributed by atoms with Crippen LogP contribution in [0.25, 0.3) is 0 Å². The lowest BCUT2D eigenvalue weighted by Gasteiger charge is -2.14. The highest BCUT2D eigenvalue weighted by Crippen LogP contribution is 2.29. The van der Waals surface area contributed by atoms with Gasteiger partial charge in [0.1, 0.15) is 5.75 Å². The molecule has 10 heteroatoms. The quantitative estimate of drug-likeness (QED) is 0.213. The summed E-state index contributed by atoms with van der Waals surface area (Å²) in [5.41, 5.74) is 1.88. The molecule has 0 spiro atoms. The standard InChI is InChI=1S/C22H22BrCl2N3O3S/c1-13(2)16-10-14(23)5-7-18(16)26-20(29)12-32-22-28-27-21(31-22)4-3-9-30-19-8-6-15(24)11-17(19)25/h5-8,10-11,13H,3-4,9,12H2,1-2H3,(H,26,29). The Morgan fingerprint density at radius 3 is 2.78 bits per heavy atom. The molecule has 0 aliphatic carbocycles. The Morgan fingerprint density at radius 1 is 1.22 bits per heavy atom. The minimum absolute atomic E-state index is 0.132.